The molecule has 0 bridgehead atoms. The summed E-state index contributed by atoms with van der Waals surface area (Å²) in [5, 5.41) is 4.01. The number of hydrogen-bond donors (Lipinski definition) is 0. The second-order valence-electron chi connectivity index (χ2n) is 3.59. The van der Waals surface area contributed by atoms with E-state index < -0.39 is 0 Å². The Morgan fingerprint density at radius 1 is 0.800 bits per heavy atom. The predicted octanol–water partition coefficient (Wildman–Crippen LogP) is 3.93. The van der Waals surface area contributed by atoms with E-state index in [2.05, 4.69) is 6.07 Å². The summed E-state index contributed by atoms with van der Waals surface area (Å²) in [5.41, 5.74) is 0. The first-order valence-electron chi connectivity index (χ1n) is 4.83. The number of benzene rings is 3. The molecule has 0 heterocycles. The number of halogens is 1. The van der Waals surface area contributed by atoms with E-state index in [1.807, 2.05) is 30.3 Å². The number of hydrogen-bond acceptors (Lipinski definition) is 0. The highest BCUT2D eigenvalue weighted by molar-refractivity contribution is 5.97. The quantitative estimate of drug-likeness (QED) is 0.477. The van der Waals surface area contributed by atoms with E-state index in [0.717, 1.165) is 21.5 Å². The molecule has 0 spiro atoms. The first kappa shape index (κ1) is 8.42. The van der Waals surface area contributed by atoms with Gasteiger partial charge in [0.1, 0.15) is 5.82 Å². The SMILES string of the molecule is Fc1ccc2[c]c3ccccc3cc2c1. The van der Waals surface area contributed by atoms with Crippen molar-refractivity contribution in [3.63, 3.8) is 0 Å². The third-order valence-corrected chi connectivity index (χ3v) is 2.55. The molecule has 0 aliphatic carbocycles. The lowest BCUT2D eigenvalue weighted by Crippen LogP contribution is -1.78. The zero-order chi connectivity index (χ0) is 10.3. The average molecular weight is 195 g/mol. The molecule has 1 radical (unpaired) electrons. The molecule has 3 aromatic carbocycles. The summed E-state index contributed by atoms with van der Waals surface area (Å²) in [7, 11) is 0. The van der Waals surface area contributed by atoms with Crippen molar-refractivity contribution >= 4 is 21.5 Å². The first-order chi connectivity index (χ1) is 7.33. The van der Waals surface area contributed by atoms with E-state index >= 15 is 0 Å². The Kier molecular flexibility index (Phi) is 1.72. The normalized spacial score (nSPS) is 11.0. The van der Waals surface area contributed by atoms with Crippen molar-refractivity contribution < 1.29 is 4.39 Å². The minimum atomic E-state index is -0.203. The van der Waals surface area contributed by atoms with E-state index in [4.69, 9.17) is 0 Å². The molecule has 15 heavy (non-hydrogen) atoms. The highest BCUT2D eigenvalue weighted by Gasteiger charge is 1.98. The fourth-order valence-electron chi connectivity index (χ4n) is 1.82. The van der Waals surface area contributed by atoms with Crippen LogP contribution in [0, 0.1) is 11.9 Å². The van der Waals surface area contributed by atoms with Crippen LogP contribution in [0.15, 0.2) is 48.5 Å². The van der Waals surface area contributed by atoms with E-state index in [1.165, 1.54) is 12.1 Å². The maximum absolute atomic E-state index is 13.0. The van der Waals surface area contributed by atoms with Gasteiger partial charge in [0.2, 0.25) is 0 Å². The summed E-state index contributed by atoms with van der Waals surface area (Å²) in [6, 6.07) is 18.0. The van der Waals surface area contributed by atoms with Gasteiger partial charge in [0.15, 0.2) is 0 Å². The van der Waals surface area contributed by atoms with Crippen LogP contribution in [0.25, 0.3) is 21.5 Å². The number of rotatable bonds is 0. The minimum absolute atomic E-state index is 0.203. The predicted molar refractivity (Wildman–Crippen MR) is 60.2 cm³/mol. The van der Waals surface area contributed by atoms with E-state index in [0.29, 0.717) is 0 Å². The fourth-order valence-corrected chi connectivity index (χ4v) is 1.82. The molecular weight excluding hydrogens is 187 g/mol. The van der Waals surface area contributed by atoms with Crippen LogP contribution in [-0.4, -0.2) is 0 Å². The van der Waals surface area contributed by atoms with Crippen LogP contribution in [0.4, 0.5) is 4.39 Å². The third-order valence-electron chi connectivity index (χ3n) is 2.55. The lowest BCUT2D eigenvalue weighted by Gasteiger charge is -2.01. The molecule has 0 amide bonds. The molecular formula is C14H8F. The van der Waals surface area contributed by atoms with Gasteiger partial charge in [0.05, 0.1) is 0 Å². The molecule has 0 saturated heterocycles. The minimum Gasteiger partial charge on any atom is -0.207 e. The Morgan fingerprint density at radius 2 is 1.60 bits per heavy atom. The van der Waals surface area contributed by atoms with Gasteiger partial charge < -0.3 is 0 Å². The topological polar surface area (TPSA) is 0 Å². The van der Waals surface area contributed by atoms with Crippen molar-refractivity contribution in [2.45, 2.75) is 0 Å². The molecule has 0 N–H and O–H groups in total. The van der Waals surface area contributed by atoms with E-state index in [1.54, 1.807) is 6.07 Å². The molecule has 0 unspecified atom stereocenters. The second-order valence-corrected chi connectivity index (χ2v) is 3.59. The van der Waals surface area contributed by atoms with Crippen LogP contribution in [-0.2, 0) is 0 Å². The zero-order valence-corrected chi connectivity index (χ0v) is 8.00. The summed E-state index contributed by atoms with van der Waals surface area (Å²) in [5.74, 6) is -0.203. The molecule has 71 valence electrons. The summed E-state index contributed by atoms with van der Waals surface area (Å²) < 4.78 is 13.0. The largest absolute Gasteiger partial charge is 0.207 e. The lowest BCUT2D eigenvalue weighted by atomic mass is 10.0. The van der Waals surface area contributed by atoms with Crippen molar-refractivity contribution in [3.8, 4) is 0 Å². The van der Waals surface area contributed by atoms with Crippen LogP contribution in [0.1, 0.15) is 0 Å². The van der Waals surface area contributed by atoms with E-state index in [-0.39, 0.29) is 5.82 Å². The summed E-state index contributed by atoms with van der Waals surface area (Å²) in [4.78, 5) is 0. The zero-order valence-electron chi connectivity index (χ0n) is 8.00. The Balaban J connectivity index is 2.47. The highest BCUT2D eigenvalue weighted by atomic mass is 19.1. The van der Waals surface area contributed by atoms with Gasteiger partial charge in [-0.1, -0.05) is 30.3 Å². The monoisotopic (exact) mass is 195 g/mol. The summed E-state index contributed by atoms with van der Waals surface area (Å²) in [6.07, 6.45) is 0. The fraction of sp³-hybridized carbons (Fsp3) is 0. The van der Waals surface area contributed by atoms with Crippen LogP contribution in [0.3, 0.4) is 0 Å². The van der Waals surface area contributed by atoms with Gasteiger partial charge in [0.25, 0.3) is 0 Å². The lowest BCUT2D eigenvalue weighted by molar-refractivity contribution is 0.630. The molecule has 0 atom stereocenters. The maximum atomic E-state index is 13.0. The van der Waals surface area contributed by atoms with Gasteiger partial charge in [-0.15, -0.1) is 0 Å². The molecule has 1 heteroatoms. The Morgan fingerprint density at radius 3 is 2.53 bits per heavy atom. The Bertz CT molecular complexity index is 641. The Labute approximate surface area is 87.0 Å². The Hall–Kier alpha value is -1.89. The second kappa shape index (κ2) is 3.06. The molecule has 3 aromatic rings. The highest BCUT2D eigenvalue weighted by Crippen LogP contribution is 2.22. The summed E-state index contributed by atoms with van der Waals surface area (Å²) in [6.45, 7) is 0. The standard InChI is InChI=1S/C14H8F/c15-14-6-5-12-7-10-3-1-2-4-11(10)8-13(12)9-14/h1-6,8-9H. The van der Waals surface area contributed by atoms with Gasteiger partial charge in [-0.05, 0) is 45.8 Å². The van der Waals surface area contributed by atoms with Gasteiger partial charge in [-0.2, -0.15) is 0 Å². The number of fused-ring (bicyclic) bond motifs is 2. The third kappa shape index (κ3) is 1.37. The molecule has 0 saturated carbocycles. The van der Waals surface area contributed by atoms with Crippen molar-refractivity contribution in [3.05, 3.63) is 60.4 Å². The molecule has 0 aliphatic rings. The van der Waals surface area contributed by atoms with Crippen molar-refractivity contribution in [1.29, 1.82) is 0 Å². The van der Waals surface area contributed by atoms with Gasteiger partial charge in [-0.25, -0.2) is 4.39 Å². The van der Waals surface area contributed by atoms with Gasteiger partial charge >= 0.3 is 0 Å². The maximum Gasteiger partial charge on any atom is 0.123 e. The smallest absolute Gasteiger partial charge is 0.123 e. The van der Waals surface area contributed by atoms with Crippen LogP contribution >= 0.6 is 0 Å². The van der Waals surface area contributed by atoms with Gasteiger partial charge in [-0.3, -0.25) is 0 Å². The van der Waals surface area contributed by atoms with Crippen LogP contribution in [0.2, 0.25) is 0 Å². The average Bonchev–Trinajstić information content (AvgIpc) is 2.26. The molecule has 0 aromatic heterocycles. The van der Waals surface area contributed by atoms with Crippen LogP contribution in [0.5, 0.6) is 0 Å². The first-order valence-corrected chi connectivity index (χ1v) is 4.83. The summed E-state index contributed by atoms with van der Waals surface area (Å²) >= 11 is 0. The van der Waals surface area contributed by atoms with Crippen molar-refractivity contribution in [2.75, 3.05) is 0 Å². The molecule has 0 fully saturated rings. The van der Waals surface area contributed by atoms with E-state index in [9.17, 15) is 4.39 Å². The molecule has 3 rings (SSSR count). The molecule has 0 nitrogen and oxygen atoms in total. The van der Waals surface area contributed by atoms with Crippen LogP contribution < -0.4 is 0 Å². The van der Waals surface area contributed by atoms with Gasteiger partial charge in [0, 0.05) is 0 Å². The van der Waals surface area contributed by atoms with Crippen molar-refractivity contribution in [2.24, 2.45) is 0 Å². The van der Waals surface area contributed by atoms with Crippen molar-refractivity contribution in [1.82, 2.24) is 0 Å². The molecule has 0 aliphatic heterocycles.